The molecule has 2 aromatic heterocycles. The molecule has 0 aliphatic carbocycles. The van der Waals surface area contributed by atoms with Crippen molar-refractivity contribution in [3.63, 3.8) is 0 Å². The van der Waals surface area contributed by atoms with E-state index in [-0.39, 0.29) is 11.0 Å². The Hall–Kier alpha value is -4.00. The minimum Gasteiger partial charge on any atom is -0.497 e. The molecular formula is C31H37N3O4. The molecule has 0 aliphatic rings. The van der Waals surface area contributed by atoms with Crippen molar-refractivity contribution < 1.29 is 19.0 Å². The molecule has 7 heteroatoms. The molecule has 0 amide bonds. The maximum Gasteiger partial charge on any atom is 0.343 e. The van der Waals surface area contributed by atoms with Crippen LogP contribution in [0.5, 0.6) is 17.2 Å². The quantitative estimate of drug-likeness (QED) is 0.198. The molecule has 0 saturated carbocycles. The predicted molar refractivity (Wildman–Crippen MR) is 152 cm³/mol. The van der Waals surface area contributed by atoms with Gasteiger partial charge in [-0.2, -0.15) is 0 Å². The summed E-state index contributed by atoms with van der Waals surface area (Å²) in [6.07, 6.45) is 2.96. The van der Waals surface area contributed by atoms with Crippen LogP contribution in [-0.4, -0.2) is 35.1 Å². The molecule has 0 radical (unpaired) electrons. The second-order valence-electron chi connectivity index (χ2n) is 11.5. The second kappa shape index (κ2) is 10.4. The summed E-state index contributed by atoms with van der Waals surface area (Å²) in [5.41, 5.74) is 3.57. The van der Waals surface area contributed by atoms with Crippen LogP contribution >= 0.6 is 0 Å². The third kappa shape index (κ3) is 6.10. The number of nitrogens with one attached hydrogen (secondary N) is 1. The SMILES string of the molecule is COc1cc(OC)cc(C(=O)Oc2ccccc2-c2nc3cc(C)ccn3c2NC(C)(C)CC(C)(C)C)c1. The molecule has 2 heterocycles. The van der Waals surface area contributed by atoms with Gasteiger partial charge in [0.15, 0.2) is 0 Å². The van der Waals surface area contributed by atoms with Crippen LogP contribution in [0.3, 0.4) is 0 Å². The summed E-state index contributed by atoms with van der Waals surface area (Å²) in [5, 5.41) is 3.75. The van der Waals surface area contributed by atoms with Crippen molar-refractivity contribution >= 4 is 17.4 Å². The van der Waals surface area contributed by atoms with Gasteiger partial charge in [0.25, 0.3) is 0 Å². The topological polar surface area (TPSA) is 74.1 Å². The first-order valence-corrected chi connectivity index (χ1v) is 12.7. The van der Waals surface area contributed by atoms with Gasteiger partial charge in [-0.05, 0) is 74.6 Å². The molecule has 7 nitrogen and oxygen atoms in total. The number of carbonyl (C=O) groups excluding carboxylic acids is 1. The van der Waals surface area contributed by atoms with Crippen molar-refractivity contribution in [2.45, 2.75) is 53.5 Å². The minimum absolute atomic E-state index is 0.124. The van der Waals surface area contributed by atoms with E-state index >= 15 is 0 Å². The van der Waals surface area contributed by atoms with Crippen LogP contribution in [0.15, 0.2) is 60.8 Å². The minimum atomic E-state index is -0.517. The number of methoxy groups -OCH3 is 2. The third-order valence-corrected chi connectivity index (χ3v) is 6.14. The zero-order valence-corrected chi connectivity index (χ0v) is 23.5. The summed E-state index contributed by atoms with van der Waals surface area (Å²) < 4.78 is 18.6. The zero-order valence-electron chi connectivity index (χ0n) is 23.5. The van der Waals surface area contributed by atoms with Crippen LogP contribution < -0.4 is 19.5 Å². The number of para-hydroxylation sites is 1. The smallest absolute Gasteiger partial charge is 0.343 e. The van der Waals surface area contributed by atoms with E-state index < -0.39 is 5.97 Å². The van der Waals surface area contributed by atoms with E-state index in [4.69, 9.17) is 19.2 Å². The van der Waals surface area contributed by atoms with E-state index in [1.54, 1.807) is 38.5 Å². The Labute approximate surface area is 224 Å². The molecule has 38 heavy (non-hydrogen) atoms. The molecule has 0 saturated heterocycles. The fraction of sp³-hybridized carbons (Fsp3) is 0.355. The maximum atomic E-state index is 13.2. The van der Waals surface area contributed by atoms with Gasteiger partial charge in [0.1, 0.15) is 34.4 Å². The number of pyridine rings is 1. The summed E-state index contributed by atoms with van der Waals surface area (Å²) in [4.78, 5) is 18.2. The van der Waals surface area contributed by atoms with Gasteiger partial charge in [-0.3, -0.25) is 4.40 Å². The van der Waals surface area contributed by atoms with Crippen molar-refractivity contribution in [2.24, 2.45) is 5.41 Å². The van der Waals surface area contributed by atoms with E-state index in [0.29, 0.717) is 34.1 Å². The molecule has 200 valence electrons. The van der Waals surface area contributed by atoms with Crippen molar-refractivity contribution in [3.05, 3.63) is 71.9 Å². The monoisotopic (exact) mass is 515 g/mol. The van der Waals surface area contributed by atoms with Crippen molar-refractivity contribution in [1.29, 1.82) is 0 Å². The number of rotatable bonds is 8. The van der Waals surface area contributed by atoms with Gasteiger partial charge in [0, 0.05) is 23.4 Å². The highest BCUT2D eigenvalue weighted by Crippen LogP contribution is 2.39. The Bertz CT molecular complexity index is 1440. The van der Waals surface area contributed by atoms with Gasteiger partial charge in [0.05, 0.1) is 19.8 Å². The van der Waals surface area contributed by atoms with Crippen molar-refractivity contribution in [1.82, 2.24) is 9.38 Å². The lowest BCUT2D eigenvalue weighted by Crippen LogP contribution is -2.36. The first-order chi connectivity index (χ1) is 17.9. The van der Waals surface area contributed by atoms with Gasteiger partial charge in [-0.15, -0.1) is 0 Å². The molecular weight excluding hydrogens is 478 g/mol. The average molecular weight is 516 g/mol. The number of aryl methyl sites for hydroxylation is 1. The Morgan fingerprint density at radius 3 is 2.24 bits per heavy atom. The van der Waals surface area contributed by atoms with Gasteiger partial charge in [0.2, 0.25) is 0 Å². The molecule has 4 aromatic rings. The largest absolute Gasteiger partial charge is 0.497 e. The van der Waals surface area contributed by atoms with E-state index in [1.807, 2.05) is 37.4 Å². The summed E-state index contributed by atoms with van der Waals surface area (Å²) in [7, 11) is 3.08. The number of hydrogen-bond donors (Lipinski definition) is 1. The van der Waals surface area contributed by atoms with Crippen LogP contribution in [0.1, 0.15) is 57.0 Å². The van der Waals surface area contributed by atoms with Crippen molar-refractivity contribution in [3.8, 4) is 28.5 Å². The third-order valence-electron chi connectivity index (χ3n) is 6.14. The van der Waals surface area contributed by atoms with Crippen molar-refractivity contribution in [2.75, 3.05) is 19.5 Å². The van der Waals surface area contributed by atoms with Gasteiger partial charge >= 0.3 is 5.97 Å². The molecule has 0 unspecified atom stereocenters. The van der Waals surface area contributed by atoms with E-state index in [2.05, 4.69) is 50.4 Å². The number of carbonyl (C=O) groups is 1. The highest BCUT2D eigenvalue weighted by molar-refractivity contribution is 5.93. The number of benzene rings is 2. The Morgan fingerprint density at radius 1 is 0.947 bits per heavy atom. The number of ether oxygens (including phenoxy) is 3. The maximum absolute atomic E-state index is 13.2. The molecule has 2 aromatic carbocycles. The number of hydrogen-bond acceptors (Lipinski definition) is 6. The summed E-state index contributed by atoms with van der Waals surface area (Å²) in [6, 6.07) is 16.5. The summed E-state index contributed by atoms with van der Waals surface area (Å²) in [6.45, 7) is 13.1. The molecule has 4 rings (SSSR count). The number of imidazole rings is 1. The summed E-state index contributed by atoms with van der Waals surface area (Å²) in [5.74, 6) is 1.76. The van der Waals surface area contributed by atoms with E-state index in [9.17, 15) is 4.79 Å². The number of anilines is 1. The zero-order chi connectivity index (χ0) is 27.7. The molecule has 1 N–H and O–H groups in total. The first kappa shape index (κ1) is 27.0. The number of nitrogens with zero attached hydrogens (tertiary/aromatic N) is 2. The lowest BCUT2D eigenvalue weighted by molar-refractivity contribution is 0.0734. The number of esters is 1. The molecule has 0 bridgehead atoms. The number of fused-ring (bicyclic) bond motifs is 1. The van der Waals surface area contributed by atoms with Crippen LogP contribution in [0.4, 0.5) is 5.82 Å². The highest BCUT2D eigenvalue weighted by Gasteiger charge is 2.29. The fourth-order valence-electron chi connectivity index (χ4n) is 4.98. The molecule has 0 aliphatic heterocycles. The number of aromatic nitrogens is 2. The first-order valence-electron chi connectivity index (χ1n) is 12.7. The van der Waals surface area contributed by atoms with Gasteiger partial charge in [-0.1, -0.05) is 32.9 Å². The van der Waals surface area contributed by atoms with E-state index in [0.717, 1.165) is 23.4 Å². The van der Waals surface area contributed by atoms with Gasteiger partial charge in [-0.25, -0.2) is 9.78 Å². The van der Waals surface area contributed by atoms with Crippen LogP contribution in [-0.2, 0) is 0 Å². The fourth-order valence-corrected chi connectivity index (χ4v) is 4.98. The Balaban J connectivity index is 1.79. The second-order valence-corrected chi connectivity index (χ2v) is 11.5. The Kier molecular flexibility index (Phi) is 7.40. The Morgan fingerprint density at radius 2 is 1.61 bits per heavy atom. The van der Waals surface area contributed by atoms with Crippen LogP contribution in [0.25, 0.3) is 16.9 Å². The molecule has 0 spiro atoms. The van der Waals surface area contributed by atoms with Crippen LogP contribution in [0, 0.1) is 12.3 Å². The normalized spacial score (nSPS) is 11.9. The predicted octanol–water partition coefficient (Wildman–Crippen LogP) is 7.17. The highest BCUT2D eigenvalue weighted by atomic mass is 16.5. The lowest BCUT2D eigenvalue weighted by atomic mass is 9.82. The molecule has 0 atom stereocenters. The summed E-state index contributed by atoms with van der Waals surface area (Å²) >= 11 is 0. The standard InChI is InChI=1S/C31H37N3O4/c1-20-13-14-34-26(15-20)32-27(28(34)33-31(5,6)19-30(2,3)4)24-11-9-10-12-25(24)38-29(35)21-16-22(36-7)18-23(17-21)37-8/h9-18,33H,19H2,1-8H3. The average Bonchev–Trinajstić information content (AvgIpc) is 3.18. The lowest BCUT2D eigenvalue weighted by Gasteiger charge is -2.34. The van der Waals surface area contributed by atoms with Crippen LogP contribution in [0.2, 0.25) is 0 Å². The van der Waals surface area contributed by atoms with E-state index in [1.165, 1.54) is 0 Å². The van der Waals surface area contributed by atoms with Gasteiger partial charge < -0.3 is 19.5 Å². The molecule has 0 fully saturated rings.